The van der Waals surface area contributed by atoms with Crippen molar-refractivity contribution in [2.45, 2.75) is 19.9 Å². The number of anilines is 1. The minimum Gasteiger partial charge on any atom is -0.377 e. The largest absolute Gasteiger partial charge is 0.377 e. The Bertz CT molecular complexity index is 508. The summed E-state index contributed by atoms with van der Waals surface area (Å²) >= 11 is 14.0. The van der Waals surface area contributed by atoms with Crippen LogP contribution in [-0.2, 0) is 0 Å². The van der Waals surface area contributed by atoms with E-state index in [2.05, 4.69) is 29.1 Å². The Balaban J connectivity index is 2.22. The lowest BCUT2D eigenvalue weighted by Gasteiger charge is -2.16. The Hall–Kier alpha value is -0.700. The van der Waals surface area contributed by atoms with Gasteiger partial charge in [0.2, 0.25) is 0 Å². The fourth-order valence-corrected chi connectivity index (χ4v) is 2.79. The molecule has 1 aromatic heterocycles. The third-order valence-corrected chi connectivity index (χ3v) is 4.08. The first-order valence-corrected chi connectivity index (χ1v) is 7.02. The van der Waals surface area contributed by atoms with E-state index in [1.54, 1.807) is 11.3 Å². The molecule has 1 aromatic carbocycles. The minimum absolute atomic E-state index is 0.220. The number of hydrogen-bond donors (Lipinski definition) is 1. The van der Waals surface area contributed by atoms with Gasteiger partial charge in [-0.1, -0.05) is 23.2 Å². The zero-order valence-electron chi connectivity index (χ0n) is 9.63. The van der Waals surface area contributed by atoms with E-state index in [9.17, 15) is 0 Å². The van der Waals surface area contributed by atoms with Crippen LogP contribution in [0.25, 0.3) is 0 Å². The molecule has 0 bridgehead atoms. The molecule has 0 saturated heterocycles. The predicted molar refractivity (Wildman–Crippen MR) is 77.6 cm³/mol. The number of aryl methyl sites for hydroxylation is 1. The van der Waals surface area contributed by atoms with Gasteiger partial charge >= 0.3 is 0 Å². The molecule has 2 rings (SSSR count). The quantitative estimate of drug-likeness (QED) is 0.781. The van der Waals surface area contributed by atoms with Gasteiger partial charge in [0, 0.05) is 11.1 Å². The average Bonchev–Trinajstić information content (AvgIpc) is 2.79. The Kier molecular flexibility index (Phi) is 3.97. The maximum Gasteiger partial charge on any atom is 0.0641 e. The van der Waals surface area contributed by atoms with Crippen LogP contribution in [0.4, 0.5) is 5.69 Å². The Morgan fingerprint density at radius 1 is 1.24 bits per heavy atom. The Morgan fingerprint density at radius 3 is 2.65 bits per heavy atom. The summed E-state index contributed by atoms with van der Waals surface area (Å²) < 4.78 is 0. The third kappa shape index (κ3) is 2.95. The molecule has 0 radical (unpaired) electrons. The highest BCUT2D eigenvalue weighted by molar-refractivity contribution is 7.08. The van der Waals surface area contributed by atoms with Gasteiger partial charge in [0.1, 0.15) is 0 Å². The topological polar surface area (TPSA) is 12.0 Å². The second-order valence-electron chi connectivity index (χ2n) is 4.00. The molecule has 2 aromatic rings. The van der Waals surface area contributed by atoms with Crippen LogP contribution in [0.1, 0.15) is 24.1 Å². The summed E-state index contributed by atoms with van der Waals surface area (Å²) in [7, 11) is 0. The zero-order valence-corrected chi connectivity index (χ0v) is 12.0. The molecule has 1 heterocycles. The molecule has 0 fully saturated rings. The van der Waals surface area contributed by atoms with Gasteiger partial charge in [0.25, 0.3) is 0 Å². The van der Waals surface area contributed by atoms with Crippen molar-refractivity contribution in [1.29, 1.82) is 0 Å². The number of hydrogen-bond acceptors (Lipinski definition) is 2. The Morgan fingerprint density at radius 2 is 2.00 bits per heavy atom. The van der Waals surface area contributed by atoms with E-state index in [-0.39, 0.29) is 6.04 Å². The van der Waals surface area contributed by atoms with Crippen molar-refractivity contribution >= 4 is 40.2 Å². The summed E-state index contributed by atoms with van der Waals surface area (Å²) in [6.45, 7) is 4.05. The van der Waals surface area contributed by atoms with Crippen molar-refractivity contribution in [2.24, 2.45) is 0 Å². The SMILES string of the molecule is Cc1cc(Cl)c(NC(C)c2ccsc2)cc1Cl. The van der Waals surface area contributed by atoms with Crippen LogP contribution in [0.2, 0.25) is 10.0 Å². The van der Waals surface area contributed by atoms with Gasteiger partial charge in [0.05, 0.1) is 10.7 Å². The standard InChI is InChI=1S/C13H13Cl2NS/c1-8-5-12(15)13(6-11(8)14)16-9(2)10-3-4-17-7-10/h3-7,9,16H,1-2H3. The highest BCUT2D eigenvalue weighted by Gasteiger charge is 2.09. The van der Waals surface area contributed by atoms with Gasteiger partial charge in [-0.15, -0.1) is 0 Å². The first-order valence-electron chi connectivity index (χ1n) is 5.32. The summed E-state index contributed by atoms with van der Waals surface area (Å²) in [5.41, 5.74) is 3.12. The van der Waals surface area contributed by atoms with Crippen LogP contribution in [-0.4, -0.2) is 0 Å². The molecule has 90 valence electrons. The maximum atomic E-state index is 6.19. The molecular weight excluding hydrogens is 273 g/mol. The zero-order chi connectivity index (χ0) is 12.4. The molecule has 4 heteroatoms. The van der Waals surface area contributed by atoms with Gasteiger partial charge < -0.3 is 5.32 Å². The van der Waals surface area contributed by atoms with Crippen LogP contribution in [0.15, 0.2) is 29.0 Å². The molecule has 0 aliphatic heterocycles. The number of thiophene rings is 1. The van der Waals surface area contributed by atoms with Crippen LogP contribution in [0, 0.1) is 6.92 Å². The minimum atomic E-state index is 0.220. The van der Waals surface area contributed by atoms with Crippen LogP contribution in [0.5, 0.6) is 0 Å². The molecule has 1 N–H and O–H groups in total. The lowest BCUT2D eigenvalue weighted by Crippen LogP contribution is -2.06. The van der Waals surface area contributed by atoms with Crippen molar-refractivity contribution in [1.82, 2.24) is 0 Å². The van der Waals surface area contributed by atoms with Gasteiger partial charge in [-0.3, -0.25) is 0 Å². The fourth-order valence-electron chi connectivity index (χ4n) is 1.59. The van der Waals surface area contributed by atoms with Crippen molar-refractivity contribution in [3.8, 4) is 0 Å². The molecule has 1 nitrogen and oxygen atoms in total. The second-order valence-corrected chi connectivity index (χ2v) is 5.60. The van der Waals surface area contributed by atoms with Crippen LogP contribution < -0.4 is 5.32 Å². The fraction of sp³-hybridized carbons (Fsp3) is 0.231. The summed E-state index contributed by atoms with van der Waals surface area (Å²) in [4.78, 5) is 0. The molecule has 0 aliphatic carbocycles. The Labute approximate surface area is 115 Å². The summed E-state index contributed by atoms with van der Waals surface area (Å²) in [5.74, 6) is 0. The predicted octanol–water partition coefficient (Wildman–Crippen LogP) is 5.54. The van der Waals surface area contributed by atoms with E-state index in [1.165, 1.54) is 5.56 Å². The van der Waals surface area contributed by atoms with E-state index in [0.717, 1.165) is 16.3 Å². The van der Waals surface area contributed by atoms with Crippen molar-refractivity contribution in [3.63, 3.8) is 0 Å². The van der Waals surface area contributed by atoms with E-state index in [4.69, 9.17) is 23.2 Å². The summed E-state index contributed by atoms with van der Waals surface area (Å²) in [6.07, 6.45) is 0. The van der Waals surface area contributed by atoms with E-state index < -0.39 is 0 Å². The van der Waals surface area contributed by atoms with Crippen molar-refractivity contribution in [3.05, 3.63) is 50.1 Å². The highest BCUT2D eigenvalue weighted by Crippen LogP contribution is 2.31. The summed E-state index contributed by atoms with van der Waals surface area (Å²) in [6, 6.07) is 6.08. The molecule has 1 unspecified atom stereocenters. The number of benzene rings is 1. The number of rotatable bonds is 3. The van der Waals surface area contributed by atoms with E-state index >= 15 is 0 Å². The molecule has 0 amide bonds. The van der Waals surface area contributed by atoms with E-state index in [0.29, 0.717) is 5.02 Å². The first-order chi connectivity index (χ1) is 8.08. The average molecular weight is 286 g/mol. The molecule has 17 heavy (non-hydrogen) atoms. The van der Waals surface area contributed by atoms with Crippen LogP contribution in [0.3, 0.4) is 0 Å². The second kappa shape index (κ2) is 5.30. The molecule has 0 aliphatic rings. The van der Waals surface area contributed by atoms with Gasteiger partial charge in [-0.2, -0.15) is 11.3 Å². The number of nitrogens with one attached hydrogen (secondary N) is 1. The molecule has 0 spiro atoms. The molecular formula is C13H13Cl2NS. The summed E-state index contributed by atoms with van der Waals surface area (Å²) in [5, 5.41) is 9.00. The smallest absolute Gasteiger partial charge is 0.0641 e. The maximum absolute atomic E-state index is 6.19. The lowest BCUT2D eigenvalue weighted by atomic mass is 10.1. The van der Waals surface area contributed by atoms with Gasteiger partial charge in [-0.25, -0.2) is 0 Å². The third-order valence-electron chi connectivity index (χ3n) is 2.66. The van der Waals surface area contributed by atoms with Gasteiger partial charge in [0.15, 0.2) is 0 Å². The van der Waals surface area contributed by atoms with Crippen LogP contribution >= 0.6 is 34.5 Å². The van der Waals surface area contributed by atoms with Crippen molar-refractivity contribution < 1.29 is 0 Å². The molecule has 1 atom stereocenters. The van der Waals surface area contributed by atoms with Crippen molar-refractivity contribution in [2.75, 3.05) is 5.32 Å². The lowest BCUT2D eigenvalue weighted by molar-refractivity contribution is 0.890. The highest BCUT2D eigenvalue weighted by atomic mass is 35.5. The normalized spacial score (nSPS) is 12.5. The first kappa shape index (κ1) is 12.7. The number of halogens is 2. The monoisotopic (exact) mass is 285 g/mol. The van der Waals surface area contributed by atoms with Gasteiger partial charge in [-0.05, 0) is 53.9 Å². The molecule has 0 saturated carbocycles. The van der Waals surface area contributed by atoms with E-state index in [1.807, 2.05) is 19.1 Å².